The SMILES string of the molecule is Cc1ccc2c(c1)oc1ccccc12.Cc1ccc2c(c1C)-c1ccccc1C2(C)C. The minimum Gasteiger partial charge on any atom is -0.456 e. The molecule has 0 amide bonds. The monoisotopic (exact) mass is 404 g/mol. The van der Waals surface area contributed by atoms with Gasteiger partial charge in [-0.1, -0.05) is 80.6 Å². The molecule has 0 spiro atoms. The van der Waals surface area contributed by atoms with Crippen LogP contribution in [-0.2, 0) is 5.41 Å². The second kappa shape index (κ2) is 7.13. The fourth-order valence-corrected chi connectivity index (χ4v) is 4.91. The van der Waals surface area contributed by atoms with Gasteiger partial charge in [0.15, 0.2) is 0 Å². The number of rotatable bonds is 0. The van der Waals surface area contributed by atoms with Gasteiger partial charge in [0, 0.05) is 16.2 Å². The summed E-state index contributed by atoms with van der Waals surface area (Å²) >= 11 is 0. The minimum absolute atomic E-state index is 0.143. The summed E-state index contributed by atoms with van der Waals surface area (Å²) in [5, 5.41) is 2.40. The highest BCUT2D eigenvalue weighted by molar-refractivity contribution is 6.04. The average Bonchev–Trinajstić information content (AvgIpc) is 3.24. The van der Waals surface area contributed by atoms with Crippen molar-refractivity contribution in [2.75, 3.05) is 0 Å². The van der Waals surface area contributed by atoms with Crippen LogP contribution in [0.5, 0.6) is 0 Å². The van der Waals surface area contributed by atoms with E-state index in [2.05, 4.69) is 95.3 Å². The Balaban J connectivity index is 0.000000134. The summed E-state index contributed by atoms with van der Waals surface area (Å²) in [6.07, 6.45) is 0. The van der Waals surface area contributed by atoms with Crippen LogP contribution in [0.2, 0.25) is 0 Å². The molecule has 1 nitrogen and oxygen atoms in total. The van der Waals surface area contributed by atoms with Crippen LogP contribution in [0.1, 0.15) is 41.7 Å². The van der Waals surface area contributed by atoms with Crippen LogP contribution in [0.25, 0.3) is 33.1 Å². The fraction of sp³-hybridized carbons (Fsp3) is 0.200. The lowest BCUT2D eigenvalue weighted by atomic mass is 9.82. The van der Waals surface area contributed by atoms with Crippen LogP contribution in [0.15, 0.2) is 83.3 Å². The van der Waals surface area contributed by atoms with Crippen molar-refractivity contribution in [3.8, 4) is 11.1 Å². The molecule has 5 aromatic rings. The van der Waals surface area contributed by atoms with E-state index in [9.17, 15) is 0 Å². The van der Waals surface area contributed by atoms with Gasteiger partial charge in [0.05, 0.1) is 0 Å². The molecule has 31 heavy (non-hydrogen) atoms. The average molecular weight is 405 g/mol. The molecule has 0 saturated carbocycles. The van der Waals surface area contributed by atoms with Crippen LogP contribution in [0.3, 0.4) is 0 Å². The van der Waals surface area contributed by atoms with Crippen molar-refractivity contribution in [2.24, 2.45) is 0 Å². The molecule has 0 aliphatic heterocycles. The van der Waals surface area contributed by atoms with Gasteiger partial charge in [-0.3, -0.25) is 0 Å². The zero-order chi connectivity index (χ0) is 21.8. The molecule has 0 saturated heterocycles. The first-order chi connectivity index (χ1) is 14.9. The van der Waals surface area contributed by atoms with Crippen LogP contribution in [0, 0.1) is 20.8 Å². The first-order valence-corrected chi connectivity index (χ1v) is 11.0. The molecule has 0 bridgehead atoms. The highest BCUT2D eigenvalue weighted by Gasteiger charge is 2.35. The predicted molar refractivity (Wildman–Crippen MR) is 132 cm³/mol. The van der Waals surface area contributed by atoms with Gasteiger partial charge in [-0.15, -0.1) is 0 Å². The van der Waals surface area contributed by atoms with E-state index < -0.39 is 0 Å². The summed E-state index contributed by atoms with van der Waals surface area (Å²) in [5.41, 5.74) is 12.0. The van der Waals surface area contributed by atoms with Gasteiger partial charge in [-0.2, -0.15) is 0 Å². The Hall–Kier alpha value is -3.32. The van der Waals surface area contributed by atoms with Crippen LogP contribution in [-0.4, -0.2) is 0 Å². The molecule has 1 aromatic heterocycles. The van der Waals surface area contributed by atoms with E-state index in [1.165, 1.54) is 49.7 Å². The molecule has 0 unspecified atom stereocenters. The van der Waals surface area contributed by atoms with Crippen LogP contribution in [0.4, 0.5) is 0 Å². The summed E-state index contributed by atoms with van der Waals surface area (Å²) in [7, 11) is 0. The molecule has 1 aliphatic carbocycles. The summed E-state index contributed by atoms with van der Waals surface area (Å²) in [6, 6.07) is 27.8. The Morgan fingerprint density at radius 3 is 2.19 bits per heavy atom. The van der Waals surface area contributed by atoms with Crippen molar-refractivity contribution < 1.29 is 4.42 Å². The maximum atomic E-state index is 5.73. The highest BCUT2D eigenvalue weighted by Crippen LogP contribution is 2.50. The number of fused-ring (bicyclic) bond motifs is 6. The van der Waals surface area contributed by atoms with Crippen molar-refractivity contribution in [3.63, 3.8) is 0 Å². The Morgan fingerprint density at radius 2 is 1.35 bits per heavy atom. The molecule has 0 atom stereocenters. The van der Waals surface area contributed by atoms with Crippen molar-refractivity contribution in [1.29, 1.82) is 0 Å². The standard InChI is InChI=1S/C17H18.C13H10O/c1-11-9-10-15-16(12(11)2)13-7-5-6-8-14(13)17(15,3)4;1-9-6-7-11-10-4-2-3-5-12(10)14-13(11)8-9/h5-10H,1-4H3;2-8H,1H3. The number of furan rings is 1. The van der Waals surface area contributed by atoms with Gasteiger partial charge >= 0.3 is 0 Å². The maximum Gasteiger partial charge on any atom is 0.135 e. The van der Waals surface area contributed by atoms with Gasteiger partial charge in [-0.05, 0) is 71.8 Å². The molecule has 0 fully saturated rings. The largest absolute Gasteiger partial charge is 0.456 e. The lowest BCUT2D eigenvalue weighted by Gasteiger charge is -2.21. The lowest BCUT2D eigenvalue weighted by Crippen LogP contribution is -2.14. The maximum absolute atomic E-state index is 5.73. The molecule has 4 aromatic carbocycles. The van der Waals surface area contributed by atoms with Crippen molar-refractivity contribution in [1.82, 2.24) is 0 Å². The molecule has 1 aliphatic rings. The predicted octanol–water partition coefficient (Wildman–Crippen LogP) is 8.50. The molecule has 0 radical (unpaired) electrons. The third kappa shape index (κ3) is 3.08. The Labute approximate surface area is 184 Å². The van der Waals surface area contributed by atoms with Crippen LogP contribution >= 0.6 is 0 Å². The van der Waals surface area contributed by atoms with Crippen molar-refractivity contribution >= 4 is 21.9 Å². The van der Waals surface area contributed by atoms with Gasteiger partial charge < -0.3 is 4.42 Å². The summed E-state index contributed by atoms with van der Waals surface area (Å²) in [4.78, 5) is 0. The number of para-hydroxylation sites is 1. The van der Waals surface area contributed by atoms with Gasteiger partial charge in [0.2, 0.25) is 0 Å². The van der Waals surface area contributed by atoms with E-state index in [1.54, 1.807) is 0 Å². The van der Waals surface area contributed by atoms with Crippen molar-refractivity contribution in [3.05, 3.63) is 107 Å². The second-order valence-corrected chi connectivity index (χ2v) is 9.20. The fourth-order valence-electron chi connectivity index (χ4n) is 4.91. The Bertz CT molecular complexity index is 1430. The number of hydrogen-bond acceptors (Lipinski definition) is 1. The molecule has 154 valence electrons. The van der Waals surface area contributed by atoms with E-state index in [-0.39, 0.29) is 5.41 Å². The normalized spacial score (nSPS) is 13.6. The Kier molecular flexibility index (Phi) is 4.51. The molecule has 0 N–H and O–H groups in total. The summed E-state index contributed by atoms with van der Waals surface area (Å²) in [5.74, 6) is 0. The minimum atomic E-state index is 0.143. The zero-order valence-electron chi connectivity index (χ0n) is 18.9. The third-order valence-corrected chi connectivity index (χ3v) is 6.81. The van der Waals surface area contributed by atoms with Crippen LogP contribution < -0.4 is 0 Å². The number of hydrogen-bond donors (Lipinski definition) is 0. The van der Waals surface area contributed by atoms with E-state index in [0.29, 0.717) is 0 Å². The molecule has 6 rings (SSSR count). The summed E-state index contributed by atoms with van der Waals surface area (Å²) in [6.45, 7) is 11.2. The molecule has 1 heteroatoms. The lowest BCUT2D eigenvalue weighted by molar-refractivity contribution is 0.660. The molecule has 1 heterocycles. The third-order valence-electron chi connectivity index (χ3n) is 6.81. The smallest absolute Gasteiger partial charge is 0.135 e. The number of benzene rings is 4. The van der Waals surface area contributed by atoms with E-state index in [4.69, 9.17) is 4.42 Å². The topological polar surface area (TPSA) is 13.1 Å². The van der Waals surface area contributed by atoms with Gasteiger partial charge in [-0.25, -0.2) is 0 Å². The van der Waals surface area contributed by atoms with Gasteiger partial charge in [0.1, 0.15) is 11.2 Å². The Morgan fingerprint density at radius 1 is 0.645 bits per heavy atom. The highest BCUT2D eigenvalue weighted by atomic mass is 16.3. The quantitative estimate of drug-likeness (QED) is 0.252. The zero-order valence-corrected chi connectivity index (χ0v) is 18.9. The molecular weight excluding hydrogens is 376 g/mol. The van der Waals surface area contributed by atoms with Gasteiger partial charge in [0.25, 0.3) is 0 Å². The first-order valence-electron chi connectivity index (χ1n) is 11.0. The first kappa shape index (κ1) is 19.6. The molecular formula is C30H28O. The van der Waals surface area contributed by atoms with E-state index in [1.807, 2.05) is 18.2 Å². The number of aryl methyl sites for hydroxylation is 2. The van der Waals surface area contributed by atoms with E-state index >= 15 is 0 Å². The van der Waals surface area contributed by atoms with Crippen molar-refractivity contribution in [2.45, 2.75) is 40.0 Å². The summed E-state index contributed by atoms with van der Waals surface area (Å²) < 4.78 is 5.73. The second-order valence-electron chi connectivity index (χ2n) is 9.20. The van der Waals surface area contributed by atoms with E-state index in [0.717, 1.165) is 11.2 Å².